The van der Waals surface area contributed by atoms with Crippen molar-refractivity contribution in [1.29, 1.82) is 0 Å². The van der Waals surface area contributed by atoms with Gasteiger partial charge in [-0.2, -0.15) is 0 Å². The number of carbonyl (C=O) groups excluding carboxylic acids is 2. The molecule has 0 bridgehead atoms. The van der Waals surface area contributed by atoms with Crippen LogP contribution in [-0.4, -0.2) is 55.2 Å². The molecule has 1 N–H and O–H groups in total. The van der Waals surface area contributed by atoms with E-state index < -0.39 is 0 Å². The number of rotatable bonds is 3. The van der Waals surface area contributed by atoms with Crippen molar-refractivity contribution in [2.75, 3.05) is 38.2 Å². The Morgan fingerprint density at radius 3 is 2.62 bits per heavy atom. The number of anilines is 1. The van der Waals surface area contributed by atoms with E-state index in [1.54, 1.807) is 24.3 Å². The van der Waals surface area contributed by atoms with Crippen LogP contribution in [0.25, 0.3) is 0 Å². The monoisotopic (exact) mass is 330 g/mol. The summed E-state index contributed by atoms with van der Waals surface area (Å²) in [6.45, 7) is 2.97. The summed E-state index contributed by atoms with van der Waals surface area (Å²) in [5.74, 6) is 0.250. The molecule has 4 rings (SSSR count). The van der Waals surface area contributed by atoms with Gasteiger partial charge in [-0.25, -0.2) is 0 Å². The fourth-order valence-electron chi connectivity index (χ4n) is 3.31. The summed E-state index contributed by atoms with van der Waals surface area (Å²) in [6.07, 6.45) is 2.79. The van der Waals surface area contributed by atoms with E-state index in [2.05, 4.69) is 5.32 Å². The largest absolute Gasteiger partial charge is 0.378 e. The predicted molar refractivity (Wildman–Crippen MR) is 87.8 cm³/mol. The fraction of sp³-hybridized carbons (Fsp3) is 0.556. The van der Waals surface area contributed by atoms with E-state index in [1.807, 2.05) is 4.90 Å². The number of morpholine rings is 1. The van der Waals surface area contributed by atoms with Crippen LogP contribution in [0.1, 0.15) is 29.6 Å². The molecule has 128 valence electrons. The maximum absolute atomic E-state index is 12.7. The number of amides is 2. The second-order valence-corrected chi connectivity index (χ2v) is 6.90. The van der Waals surface area contributed by atoms with Gasteiger partial charge in [0.25, 0.3) is 5.91 Å². The Kier molecular flexibility index (Phi) is 4.02. The van der Waals surface area contributed by atoms with E-state index >= 15 is 0 Å². The molecule has 0 radical (unpaired) electrons. The summed E-state index contributed by atoms with van der Waals surface area (Å²) in [4.78, 5) is 26.3. The molecule has 2 heterocycles. The van der Waals surface area contributed by atoms with Gasteiger partial charge in [0.15, 0.2) is 0 Å². The zero-order chi connectivity index (χ0) is 16.6. The van der Waals surface area contributed by atoms with E-state index in [0.29, 0.717) is 38.5 Å². The van der Waals surface area contributed by atoms with E-state index in [4.69, 9.17) is 9.47 Å². The number of benzene rings is 1. The molecule has 3 fully saturated rings. The van der Waals surface area contributed by atoms with Crippen LogP contribution in [0, 0.1) is 5.92 Å². The van der Waals surface area contributed by atoms with Crippen LogP contribution in [0.3, 0.4) is 0 Å². The number of hydrogen-bond acceptors (Lipinski definition) is 4. The second-order valence-electron chi connectivity index (χ2n) is 6.90. The van der Waals surface area contributed by atoms with Crippen LogP contribution in [0.5, 0.6) is 0 Å². The van der Waals surface area contributed by atoms with E-state index in [0.717, 1.165) is 24.9 Å². The minimum absolute atomic E-state index is 0.00430. The molecule has 1 saturated carbocycles. The SMILES string of the molecule is O=C(Nc1ccc(C(=O)N2CCOC3(CCOC3)C2)cc1)C1CC1. The highest BCUT2D eigenvalue weighted by Gasteiger charge is 2.41. The van der Waals surface area contributed by atoms with Gasteiger partial charge in [-0.1, -0.05) is 0 Å². The lowest BCUT2D eigenvalue weighted by atomic mass is 10.00. The van der Waals surface area contributed by atoms with Gasteiger partial charge >= 0.3 is 0 Å². The molecular weight excluding hydrogens is 308 g/mol. The highest BCUT2D eigenvalue weighted by molar-refractivity contribution is 5.96. The van der Waals surface area contributed by atoms with Crippen LogP contribution < -0.4 is 5.32 Å². The first-order valence-corrected chi connectivity index (χ1v) is 8.57. The third-order valence-electron chi connectivity index (χ3n) is 4.95. The van der Waals surface area contributed by atoms with E-state index in [1.165, 1.54) is 0 Å². The summed E-state index contributed by atoms with van der Waals surface area (Å²) in [7, 11) is 0. The number of hydrogen-bond donors (Lipinski definition) is 1. The van der Waals surface area contributed by atoms with Crippen molar-refractivity contribution < 1.29 is 19.1 Å². The number of carbonyl (C=O) groups is 2. The zero-order valence-electron chi connectivity index (χ0n) is 13.6. The van der Waals surface area contributed by atoms with Crippen molar-refractivity contribution in [3.8, 4) is 0 Å². The van der Waals surface area contributed by atoms with Crippen LogP contribution in [0.4, 0.5) is 5.69 Å². The molecule has 1 unspecified atom stereocenters. The Morgan fingerprint density at radius 1 is 1.17 bits per heavy atom. The maximum Gasteiger partial charge on any atom is 0.254 e. The Hall–Kier alpha value is -1.92. The molecule has 1 spiro atoms. The lowest BCUT2D eigenvalue weighted by Gasteiger charge is -2.39. The number of ether oxygens (including phenoxy) is 2. The fourth-order valence-corrected chi connectivity index (χ4v) is 3.31. The number of nitrogens with zero attached hydrogens (tertiary/aromatic N) is 1. The summed E-state index contributed by atoms with van der Waals surface area (Å²) >= 11 is 0. The van der Waals surface area contributed by atoms with Crippen molar-refractivity contribution in [1.82, 2.24) is 4.90 Å². The standard InChI is InChI=1S/C18H22N2O4/c21-16(13-1-2-13)19-15-5-3-14(4-6-15)17(22)20-8-10-24-18(11-20)7-9-23-12-18/h3-6,13H,1-2,7-12H2,(H,19,21). The van der Waals surface area contributed by atoms with Crippen molar-refractivity contribution in [2.24, 2.45) is 5.92 Å². The van der Waals surface area contributed by atoms with Gasteiger partial charge in [-0.15, -0.1) is 0 Å². The van der Waals surface area contributed by atoms with Crippen LogP contribution in [0.15, 0.2) is 24.3 Å². The second kappa shape index (κ2) is 6.18. The Balaban J connectivity index is 1.41. The maximum atomic E-state index is 12.7. The minimum Gasteiger partial charge on any atom is -0.378 e. The molecule has 1 aromatic rings. The first kappa shape index (κ1) is 15.6. The van der Waals surface area contributed by atoms with Crippen LogP contribution in [0.2, 0.25) is 0 Å². The van der Waals surface area contributed by atoms with Gasteiger partial charge in [-0.3, -0.25) is 9.59 Å². The highest BCUT2D eigenvalue weighted by Crippen LogP contribution is 2.30. The van der Waals surface area contributed by atoms with Gasteiger partial charge in [0.05, 0.1) is 19.8 Å². The van der Waals surface area contributed by atoms with Crippen LogP contribution >= 0.6 is 0 Å². The molecule has 3 aliphatic rings. The van der Waals surface area contributed by atoms with Gasteiger partial charge in [0, 0.05) is 36.7 Å². The molecule has 1 aromatic carbocycles. The predicted octanol–water partition coefficient (Wildman–Crippen LogP) is 1.67. The van der Waals surface area contributed by atoms with Gasteiger partial charge < -0.3 is 19.7 Å². The quantitative estimate of drug-likeness (QED) is 0.915. The summed E-state index contributed by atoms with van der Waals surface area (Å²) in [5, 5.41) is 2.89. The highest BCUT2D eigenvalue weighted by atomic mass is 16.6. The molecule has 2 aliphatic heterocycles. The van der Waals surface area contributed by atoms with Gasteiger partial charge in [0.1, 0.15) is 5.60 Å². The molecular formula is C18H22N2O4. The van der Waals surface area contributed by atoms with E-state index in [9.17, 15) is 9.59 Å². The lowest BCUT2D eigenvalue weighted by Crippen LogP contribution is -2.54. The zero-order valence-corrected chi connectivity index (χ0v) is 13.6. The Morgan fingerprint density at radius 2 is 1.96 bits per heavy atom. The Bertz CT molecular complexity index is 633. The molecule has 6 nitrogen and oxygen atoms in total. The molecule has 0 aromatic heterocycles. The summed E-state index contributed by atoms with van der Waals surface area (Å²) in [6, 6.07) is 7.14. The third kappa shape index (κ3) is 3.16. The molecule has 2 amide bonds. The van der Waals surface area contributed by atoms with E-state index in [-0.39, 0.29) is 23.3 Å². The van der Waals surface area contributed by atoms with Gasteiger partial charge in [-0.05, 0) is 37.1 Å². The van der Waals surface area contributed by atoms with Crippen molar-refractivity contribution in [3.05, 3.63) is 29.8 Å². The average molecular weight is 330 g/mol. The van der Waals surface area contributed by atoms with Gasteiger partial charge in [0.2, 0.25) is 5.91 Å². The van der Waals surface area contributed by atoms with Crippen molar-refractivity contribution in [3.63, 3.8) is 0 Å². The first-order valence-electron chi connectivity index (χ1n) is 8.57. The molecule has 1 aliphatic carbocycles. The topological polar surface area (TPSA) is 67.9 Å². The smallest absolute Gasteiger partial charge is 0.254 e. The molecule has 6 heteroatoms. The lowest BCUT2D eigenvalue weighted by molar-refractivity contribution is -0.117. The molecule has 1 atom stereocenters. The van der Waals surface area contributed by atoms with Crippen molar-refractivity contribution in [2.45, 2.75) is 24.9 Å². The summed E-state index contributed by atoms with van der Waals surface area (Å²) in [5.41, 5.74) is 1.05. The minimum atomic E-state index is -0.327. The average Bonchev–Trinajstić information content (AvgIpc) is 3.37. The first-order chi connectivity index (χ1) is 11.7. The van der Waals surface area contributed by atoms with Crippen molar-refractivity contribution >= 4 is 17.5 Å². The van der Waals surface area contributed by atoms with Crippen LogP contribution in [-0.2, 0) is 14.3 Å². The number of nitrogens with one attached hydrogen (secondary N) is 1. The Labute approximate surface area is 141 Å². The normalized spacial score (nSPS) is 26.6. The molecule has 24 heavy (non-hydrogen) atoms. The molecule has 2 saturated heterocycles. The third-order valence-corrected chi connectivity index (χ3v) is 4.95. The summed E-state index contributed by atoms with van der Waals surface area (Å²) < 4.78 is 11.3.